The molecule has 0 bridgehead atoms. The minimum atomic E-state index is -1.10. The Morgan fingerprint density at radius 2 is 1.93 bits per heavy atom. The van der Waals surface area contributed by atoms with Crippen molar-refractivity contribution >= 4 is 28.5 Å². The Morgan fingerprint density at radius 1 is 1.11 bits per heavy atom. The highest BCUT2D eigenvalue weighted by atomic mass is 16.4. The molecular formula is C21H18N4O3. The molecule has 28 heavy (non-hydrogen) atoms. The lowest BCUT2D eigenvalue weighted by molar-refractivity contribution is -0.127. The Morgan fingerprint density at radius 3 is 2.71 bits per heavy atom. The van der Waals surface area contributed by atoms with Crippen molar-refractivity contribution in [2.24, 2.45) is 5.10 Å². The van der Waals surface area contributed by atoms with E-state index in [1.165, 1.54) is 11.1 Å². The lowest BCUT2D eigenvalue weighted by atomic mass is 10.0. The standard InChI is InChI=1S/C21H18N4O3/c26-20-9-4-12-25(20)24-19(17-7-3-8-18(23-17)21(27)28)13-14-10-11-22-16-6-2-1-5-15(14)16/h1-3,5-8,10-11H,4,9,12-13H2,(H,27,28). The summed E-state index contributed by atoms with van der Waals surface area (Å²) in [6.07, 6.45) is 3.37. The van der Waals surface area contributed by atoms with Gasteiger partial charge in [0.2, 0.25) is 5.91 Å². The van der Waals surface area contributed by atoms with Crippen LogP contribution in [0.5, 0.6) is 0 Å². The number of hydrogen-bond donors (Lipinski definition) is 1. The van der Waals surface area contributed by atoms with Crippen LogP contribution in [0.4, 0.5) is 0 Å². The predicted octanol–water partition coefficient (Wildman–Crippen LogP) is 2.90. The maximum atomic E-state index is 12.1. The number of carbonyl (C=O) groups is 2. The lowest BCUT2D eigenvalue weighted by Gasteiger charge is -2.14. The van der Waals surface area contributed by atoms with Gasteiger partial charge in [0, 0.05) is 31.0 Å². The van der Waals surface area contributed by atoms with Gasteiger partial charge in [-0.05, 0) is 36.2 Å². The summed E-state index contributed by atoms with van der Waals surface area (Å²) in [6.45, 7) is 0.554. The average Bonchev–Trinajstić information content (AvgIpc) is 3.12. The molecular weight excluding hydrogens is 356 g/mol. The number of hydrogen-bond acceptors (Lipinski definition) is 5. The summed E-state index contributed by atoms with van der Waals surface area (Å²) in [6, 6.07) is 14.5. The van der Waals surface area contributed by atoms with Crippen LogP contribution in [-0.4, -0.2) is 44.2 Å². The van der Waals surface area contributed by atoms with Crippen molar-refractivity contribution in [2.75, 3.05) is 6.54 Å². The van der Waals surface area contributed by atoms with E-state index in [2.05, 4.69) is 15.1 Å². The normalized spacial score (nSPS) is 14.6. The Labute approximate surface area is 161 Å². The van der Waals surface area contributed by atoms with Gasteiger partial charge in [-0.1, -0.05) is 24.3 Å². The summed E-state index contributed by atoms with van der Waals surface area (Å²) in [5, 5.41) is 16.3. The van der Waals surface area contributed by atoms with E-state index in [9.17, 15) is 14.7 Å². The fourth-order valence-electron chi connectivity index (χ4n) is 3.27. The summed E-state index contributed by atoms with van der Waals surface area (Å²) in [5.41, 5.74) is 2.79. The highest BCUT2D eigenvalue weighted by Crippen LogP contribution is 2.20. The van der Waals surface area contributed by atoms with Gasteiger partial charge in [0.05, 0.1) is 16.9 Å². The van der Waals surface area contributed by atoms with E-state index < -0.39 is 5.97 Å². The first kappa shape index (κ1) is 17.8. The van der Waals surface area contributed by atoms with E-state index in [-0.39, 0.29) is 11.6 Å². The summed E-state index contributed by atoms with van der Waals surface area (Å²) in [5.74, 6) is -1.14. The number of carbonyl (C=O) groups excluding carboxylic acids is 1. The average molecular weight is 374 g/mol. The van der Waals surface area contributed by atoms with Crippen molar-refractivity contribution in [3.05, 3.63) is 71.7 Å². The first-order valence-electron chi connectivity index (χ1n) is 9.03. The van der Waals surface area contributed by atoms with Crippen molar-refractivity contribution < 1.29 is 14.7 Å². The third-order valence-corrected chi connectivity index (χ3v) is 4.65. The summed E-state index contributed by atoms with van der Waals surface area (Å²) in [4.78, 5) is 32.0. The van der Waals surface area contributed by atoms with E-state index in [1.807, 2.05) is 30.3 Å². The second-order valence-corrected chi connectivity index (χ2v) is 6.54. The number of para-hydroxylation sites is 1. The quantitative estimate of drug-likeness (QED) is 0.693. The Bertz CT molecular complexity index is 1090. The first-order valence-corrected chi connectivity index (χ1v) is 9.03. The third-order valence-electron chi connectivity index (χ3n) is 4.65. The van der Waals surface area contributed by atoms with Crippen LogP contribution in [0.25, 0.3) is 10.9 Å². The molecule has 0 saturated carbocycles. The van der Waals surface area contributed by atoms with Crippen LogP contribution in [0.2, 0.25) is 0 Å². The summed E-state index contributed by atoms with van der Waals surface area (Å²) >= 11 is 0. The number of benzene rings is 1. The van der Waals surface area contributed by atoms with Crippen LogP contribution in [0.15, 0.2) is 59.8 Å². The van der Waals surface area contributed by atoms with E-state index in [0.717, 1.165) is 22.9 Å². The first-order chi connectivity index (χ1) is 13.6. The molecule has 0 aliphatic carbocycles. The zero-order valence-corrected chi connectivity index (χ0v) is 15.1. The molecule has 1 N–H and O–H groups in total. The Kier molecular flexibility index (Phi) is 4.80. The fraction of sp³-hybridized carbons (Fsp3) is 0.190. The molecule has 7 heteroatoms. The largest absolute Gasteiger partial charge is 0.477 e. The summed E-state index contributed by atoms with van der Waals surface area (Å²) in [7, 11) is 0. The van der Waals surface area contributed by atoms with E-state index in [4.69, 9.17) is 0 Å². The minimum absolute atomic E-state index is 0.0357. The van der Waals surface area contributed by atoms with E-state index in [0.29, 0.717) is 30.8 Å². The molecule has 1 saturated heterocycles. The molecule has 0 atom stereocenters. The van der Waals surface area contributed by atoms with Crippen LogP contribution >= 0.6 is 0 Å². The number of amides is 1. The highest BCUT2D eigenvalue weighted by Gasteiger charge is 2.22. The van der Waals surface area contributed by atoms with Gasteiger partial charge in [0.1, 0.15) is 5.69 Å². The smallest absolute Gasteiger partial charge is 0.354 e. The minimum Gasteiger partial charge on any atom is -0.477 e. The van der Waals surface area contributed by atoms with Crippen LogP contribution in [0.1, 0.15) is 34.6 Å². The van der Waals surface area contributed by atoms with Gasteiger partial charge in [-0.15, -0.1) is 0 Å². The van der Waals surface area contributed by atoms with Gasteiger partial charge in [0.25, 0.3) is 0 Å². The second kappa shape index (κ2) is 7.56. The second-order valence-electron chi connectivity index (χ2n) is 6.54. The molecule has 1 amide bonds. The maximum Gasteiger partial charge on any atom is 0.354 e. The molecule has 140 valence electrons. The monoisotopic (exact) mass is 374 g/mol. The number of hydrazone groups is 1. The molecule has 3 aromatic rings. The number of carboxylic acid groups (broad SMARTS) is 1. The topological polar surface area (TPSA) is 95.7 Å². The number of aromatic nitrogens is 2. The number of fused-ring (bicyclic) bond motifs is 1. The zero-order valence-electron chi connectivity index (χ0n) is 15.1. The highest BCUT2D eigenvalue weighted by molar-refractivity contribution is 6.03. The van der Waals surface area contributed by atoms with Crippen LogP contribution < -0.4 is 0 Å². The number of pyridine rings is 2. The van der Waals surface area contributed by atoms with Crippen molar-refractivity contribution in [1.82, 2.24) is 15.0 Å². The number of rotatable bonds is 5. The number of aromatic carboxylic acids is 1. The lowest BCUT2D eigenvalue weighted by Crippen LogP contribution is -2.22. The molecule has 1 aromatic carbocycles. The van der Waals surface area contributed by atoms with Crippen molar-refractivity contribution in [3.8, 4) is 0 Å². The van der Waals surface area contributed by atoms with E-state index in [1.54, 1.807) is 18.3 Å². The molecule has 0 unspecified atom stereocenters. The van der Waals surface area contributed by atoms with Crippen LogP contribution in [0, 0.1) is 0 Å². The van der Waals surface area contributed by atoms with Crippen molar-refractivity contribution in [1.29, 1.82) is 0 Å². The third kappa shape index (κ3) is 3.59. The molecule has 0 spiro atoms. The molecule has 1 fully saturated rings. The molecule has 4 rings (SSSR count). The van der Waals surface area contributed by atoms with Gasteiger partial charge in [-0.2, -0.15) is 5.10 Å². The molecule has 3 heterocycles. The van der Waals surface area contributed by atoms with Gasteiger partial charge >= 0.3 is 5.97 Å². The summed E-state index contributed by atoms with van der Waals surface area (Å²) < 4.78 is 0. The van der Waals surface area contributed by atoms with Crippen molar-refractivity contribution in [3.63, 3.8) is 0 Å². The number of nitrogens with zero attached hydrogens (tertiary/aromatic N) is 4. The van der Waals surface area contributed by atoms with Gasteiger partial charge in [0.15, 0.2) is 0 Å². The maximum absolute atomic E-state index is 12.1. The molecule has 7 nitrogen and oxygen atoms in total. The van der Waals surface area contributed by atoms with Gasteiger partial charge in [-0.3, -0.25) is 9.78 Å². The SMILES string of the molecule is O=C(O)c1cccc(C(Cc2ccnc3ccccc23)=NN2CCCC2=O)n1. The fourth-order valence-corrected chi connectivity index (χ4v) is 3.27. The zero-order chi connectivity index (χ0) is 19.5. The van der Waals surface area contributed by atoms with Gasteiger partial charge < -0.3 is 5.11 Å². The van der Waals surface area contributed by atoms with E-state index >= 15 is 0 Å². The number of carboxylic acids is 1. The van der Waals surface area contributed by atoms with Crippen LogP contribution in [-0.2, 0) is 11.2 Å². The van der Waals surface area contributed by atoms with Gasteiger partial charge in [-0.25, -0.2) is 14.8 Å². The van der Waals surface area contributed by atoms with Crippen molar-refractivity contribution in [2.45, 2.75) is 19.3 Å². The molecule has 1 aliphatic rings. The predicted molar refractivity (Wildman–Crippen MR) is 104 cm³/mol. The Hall–Kier alpha value is -3.61. The molecule has 1 aliphatic heterocycles. The Balaban J connectivity index is 1.79. The molecule has 0 radical (unpaired) electrons. The molecule has 2 aromatic heterocycles. The van der Waals surface area contributed by atoms with Crippen LogP contribution in [0.3, 0.4) is 0 Å².